The smallest absolute Gasteiger partial charge is 0.0553 e. The molecule has 1 aliphatic heterocycles. The number of hydrogen-bond acceptors (Lipinski definition) is 1. The molecule has 0 aromatic heterocycles. The summed E-state index contributed by atoms with van der Waals surface area (Å²) in [7, 11) is 0. The summed E-state index contributed by atoms with van der Waals surface area (Å²) in [4.78, 5) is 0. The molecule has 0 aliphatic carbocycles. The van der Waals surface area contributed by atoms with E-state index in [1.165, 1.54) is 12.8 Å². The Morgan fingerprint density at radius 3 is 1.78 bits per heavy atom. The minimum Gasteiger partial charge on any atom is -0.376 e. The van der Waals surface area contributed by atoms with Crippen LogP contribution in [0.15, 0.2) is 0 Å². The number of rotatable bonds is 0. The van der Waals surface area contributed by atoms with Gasteiger partial charge in [0.15, 0.2) is 0 Å². The fourth-order valence-electron chi connectivity index (χ4n) is 1.74. The molecule has 54 valence electrons. The van der Waals surface area contributed by atoms with E-state index in [1.54, 1.807) is 0 Å². The van der Waals surface area contributed by atoms with Crippen molar-refractivity contribution in [2.24, 2.45) is 5.92 Å². The Morgan fingerprint density at radius 1 is 1.00 bits per heavy atom. The lowest BCUT2D eigenvalue weighted by Gasteiger charge is -2.29. The zero-order chi connectivity index (χ0) is 6.85. The molecule has 0 aromatic rings. The van der Waals surface area contributed by atoms with Crippen molar-refractivity contribution in [3.63, 3.8) is 0 Å². The van der Waals surface area contributed by atoms with Crippen LogP contribution >= 0.6 is 0 Å². The Balaban J connectivity index is 2.34. The highest BCUT2D eigenvalue weighted by Crippen LogP contribution is 2.23. The van der Waals surface area contributed by atoms with Crippen molar-refractivity contribution in [2.45, 2.75) is 45.8 Å². The van der Waals surface area contributed by atoms with Gasteiger partial charge in [0.05, 0.1) is 12.2 Å². The maximum atomic E-state index is 5.56. The molecule has 0 bridgehead atoms. The Morgan fingerprint density at radius 2 is 1.44 bits per heavy atom. The van der Waals surface area contributed by atoms with Crippen molar-refractivity contribution in [3.05, 3.63) is 0 Å². The highest BCUT2D eigenvalue weighted by Gasteiger charge is 2.20. The van der Waals surface area contributed by atoms with Gasteiger partial charge in [-0.3, -0.25) is 0 Å². The SMILES string of the molecule is C[C@@H]1C[C@@H](C)O[C@@H](C)C1. The van der Waals surface area contributed by atoms with Crippen LogP contribution < -0.4 is 0 Å². The van der Waals surface area contributed by atoms with Crippen LogP contribution in [-0.4, -0.2) is 12.2 Å². The molecule has 1 fully saturated rings. The Labute approximate surface area is 57.4 Å². The molecule has 1 heterocycles. The van der Waals surface area contributed by atoms with Gasteiger partial charge in [0.25, 0.3) is 0 Å². The first kappa shape index (κ1) is 7.07. The predicted molar refractivity (Wildman–Crippen MR) is 38.4 cm³/mol. The van der Waals surface area contributed by atoms with E-state index in [1.807, 2.05) is 0 Å². The first-order valence-electron chi connectivity index (χ1n) is 3.84. The maximum absolute atomic E-state index is 5.56. The predicted octanol–water partition coefficient (Wildman–Crippen LogP) is 2.21. The van der Waals surface area contributed by atoms with Crippen molar-refractivity contribution in [3.8, 4) is 0 Å². The molecule has 1 aliphatic rings. The third-order valence-electron chi connectivity index (χ3n) is 1.93. The monoisotopic (exact) mass is 128 g/mol. The Kier molecular flexibility index (Phi) is 2.12. The molecular formula is C8H16O. The van der Waals surface area contributed by atoms with Crippen molar-refractivity contribution in [1.82, 2.24) is 0 Å². The summed E-state index contributed by atoms with van der Waals surface area (Å²) >= 11 is 0. The van der Waals surface area contributed by atoms with Gasteiger partial charge in [-0.05, 0) is 32.6 Å². The average Bonchev–Trinajstić information content (AvgIpc) is 1.59. The molecule has 0 spiro atoms. The van der Waals surface area contributed by atoms with E-state index in [0.29, 0.717) is 12.2 Å². The van der Waals surface area contributed by atoms with Gasteiger partial charge < -0.3 is 4.74 Å². The molecule has 1 saturated heterocycles. The topological polar surface area (TPSA) is 9.23 Å². The van der Waals surface area contributed by atoms with Crippen LogP contribution in [0.2, 0.25) is 0 Å². The molecule has 9 heavy (non-hydrogen) atoms. The van der Waals surface area contributed by atoms with E-state index in [-0.39, 0.29) is 0 Å². The summed E-state index contributed by atoms with van der Waals surface area (Å²) in [6, 6.07) is 0. The van der Waals surface area contributed by atoms with Crippen LogP contribution in [0.5, 0.6) is 0 Å². The van der Waals surface area contributed by atoms with Crippen LogP contribution in [-0.2, 0) is 4.74 Å². The largest absolute Gasteiger partial charge is 0.376 e. The zero-order valence-electron chi connectivity index (χ0n) is 6.55. The summed E-state index contributed by atoms with van der Waals surface area (Å²) in [5.41, 5.74) is 0. The Bertz CT molecular complexity index is 65.5. The maximum Gasteiger partial charge on any atom is 0.0553 e. The quantitative estimate of drug-likeness (QED) is 0.486. The van der Waals surface area contributed by atoms with E-state index in [4.69, 9.17) is 4.74 Å². The van der Waals surface area contributed by atoms with Crippen LogP contribution in [0.25, 0.3) is 0 Å². The minimum absolute atomic E-state index is 0.490. The van der Waals surface area contributed by atoms with Gasteiger partial charge in [-0.2, -0.15) is 0 Å². The van der Waals surface area contributed by atoms with Crippen molar-refractivity contribution in [1.29, 1.82) is 0 Å². The fourth-order valence-corrected chi connectivity index (χ4v) is 1.74. The lowest BCUT2D eigenvalue weighted by Crippen LogP contribution is -2.27. The standard InChI is InChI=1S/C8H16O/c1-6-4-7(2)9-8(3)5-6/h6-8H,4-5H2,1-3H3/t6-,7-,8+. The van der Waals surface area contributed by atoms with Gasteiger partial charge in [0.1, 0.15) is 0 Å². The molecule has 0 saturated carbocycles. The molecule has 1 heteroatoms. The molecular weight excluding hydrogens is 112 g/mol. The molecule has 0 amide bonds. The van der Waals surface area contributed by atoms with E-state index in [0.717, 1.165) is 5.92 Å². The highest BCUT2D eigenvalue weighted by molar-refractivity contribution is 4.69. The summed E-state index contributed by atoms with van der Waals surface area (Å²) in [5.74, 6) is 0.865. The van der Waals surface area contributed by atoms with Crippen molar-refractivity contribution in [2.75, 3.05) is 0 Å². The van der Waals surface area contributed by atoms with Crippen molar-refractivity contribution >= 4 is 0 Å². The number of hydrogen-bond donors (Lipinski definition) is 0. The third-order valence-corrected chi connectivity index (χ3v) is 1.93. The van der Waals surface area contributed by atoms with Crippen LogP contribution in [0, 0.1) is 5.92 Å². The second-order valence-corrected chi connectivity index (χ2v) is 3.33. The van der Waals surface area contributed by atoms with Gasteiger partial charge in [0, 0.05) is 0 Å². The van der Waals surface area contributed by atoms with Crippen LogP contribution in [0.4, 0.5) is 0 Å². The normalized spacial score (nSPS) is 45.0. The van der Waals surface area contributed by atoms with Crippen LogP contribution in [0.3, 0.4) is 0 Å². The lowest BCUT2D eigenvalue weighted by atomic mass is 9.95. The van der Waals surface area contributed by atoms with Gasteiger partial charge in [0.2, 0.25) is 0 Å². The van der Waals surface area contributed by atoms with E-state index in [9.17, 15) is 0 Å². The lowest BCUT2D eigenvalue weighted by molar-refractivity contribution is -0.0485. The van der Waals surface area contributed by atoms with Gasteiger partial charge in [-0.1, -0.05) is 6.92 Å². The summed E-state index contributed by atoms with van der Waals surface area (Å²) in [5, 5.41) is 0. The summed E-state index contributed by atoms with van der Waals surface area (Å²) in [6.07, 6.45) is 3.46. The van der Waals surface area contributed by atoms with E-state index in [2.05, 4.69) is 20.8 Å². The summed E-state index contributed by atoms with van der Waals surface area (Å²) in [6.45, 7) is 6.62. The van der Waals surface area contributed by atoms with E-state index >= 15 is 0 Å². The van der Waals surface area contributed by atoms with Gasteiger partial charge >= 0.3 is 0 Å². The Hall–Kier alpha value is -0.0400. The second kappa shape index (κ2) is 2.70. The molecule has 0 unspecified atom stereocenters. The van der Waals surface area contributed by atoms with E-state index < -0.39 is 0 Å². The van der Waals surface area contributed by atoms with Crippen molar-refractivity contribution < 1.29 is 4.74 Å². The molecule has 0 aromatic carbocycles. The minimum atomic E-state index is 0.490. The third kappa shape index (κ3) is 1.98. The molecule has 0 N–H and O–H groups in total. The molecule has 3 atom stereocenters. The molecule has 1 rings (SSSR count). The van der Waals surface area contributed by atoms with Crippen LogP contribution in [0.1, 0.15) is 33.6 Å². The first-order valence-corrected chi connectivity index (χ1v) is 3.84. The van der Waals surface area contributed by atoms with Gasteiger partial charge in [-0.15, -0.1) is 0 Å². The second-order valence-electron chi connectivity index (χ2n) is 3.33. The van der Waals surface area contributed by atoms with Gasteiger partial charge in [-0.25, -0.2) is 0 Å². The first-order chi connectivity index (χ1) is 4.18. The molecule has 1 nitrogen and oxygen atoms in total. The molecule has 0 radical (unpaired) electrons. The fraction of sp³-hybridized carbons (Fsp3) is 1.00. The highest BCUT2D eigenvalue weighted by atomic mass is 16.5. The summed E-state index contributed by atoms with van der Waals surface area (Å²) < 4.78 is 5.56. The zero-order valence-corrected chi connectivity index (χ0v) is 6.55. The average molecular weight is 128 g/mol. The number of ether oxygens (including phenoxy) is 1.